The molecule has 0 aliphatic carbocycles. The molecule has 35 heavy (non-hydrogen) atoms. The Hall–Kier alpha value is -4.80. The van der Waals surface area contributed by atoms with Gasteiger partial charge in [-0.2, -0.15) is 0 Å². The zero-order chi connectivity index (χ0) is 24.9. The number of ether oxygens (including phenoxy) is 1. The van der Waals surface area contributed by atoms with Crippen LogP contribution in [0.1, 0.15) is 28.7 Å². The van der Waals surface area contributed by atoms with Gasteiger partial charge in [0.2, 0.25) is 11.5 Å². The lowest BCUT2D eigenvalue weighted by Gasteiger charge is -2.10. The monoisotopic (exact) mass is 474 g/mol. The molecule has 4 rings (SSSR count). The van der Waals surface area contributed by atoms with E-state index in [-0.39, 0.29) is 30.3 Å². The van der Waals surface area contributed by atoms with Gasteiger partial charge < -0.3 is 9.84 Å². The molecule has 2 N–H and O–H groups in total. The number of carboxylic acid groups (broad SMARTS) is 1. The number of aryl methyl sites for hydroxylation is 1. The minimum atomic E-state index is -1.15. The van der Waals surface area contributed by atoms with E-state index in [1.54, 1.807) is 43.5 Å². The molecule has 0 saturated carbocycles. The summed E-state index contributed by atoms with van der Waals surface area (Å²) in [7, 11) is 0. The van der Waals surface area contributed by atoms with Gasteiger partial charge in [-0.3, -0.25) is 14.5 Å². The number of aromatic carboxylic acids is 1. The average Bonchev–Trinajstić information content (AvgIpc) is 2.84. The molecule has 11 heteroatoms. The summed E-state index contributed by atoms with van der Waals surface area (Å²) >= 11 is 0. The molecule has 0 amide bonds. The van der Waals surface area contributed by atoms with E-state index >= 15 is 0 Å². The molecule has 11 nitrogen and oxygen atoms in total. The smallest absolute Gasteiger partial charge is 0.354 e. The van der Waals surface area contributed by atoms with Gasteiger partial charge in [-0.25, -0.2) is 28.9 Å². The minimum Gasteiger partial charge on any atom is -0.477 e. The van der Waals surface area contributed by atoms with E-state index in [9.17, 15) is 14.4 Å². The van der Waals surface area contributed by atoms with E-state index in [0.717, 1.165) is 10.1 Å². The first-order chi connectivity index (χ1) is 16.8. The van der Waals surface area contributed by atoms with E-state index in [4.69, 9.17) is 9.84 Å². The summed E-state index contributed by atoms with van der Waals surface area (Å²) in [6.45, 7) is 3.96. The molecule has 0 bridgehead atoms. The molecule has 0 aliphatic rings. The highest BCUT2D eigenvalue weighted by Gasteiger charge is 2.10. The van der Waals surface area contributed by atoms with Crippen LogP contribution in [0, 0.1) is 6.92 Å². The third kappa shape index (κ3) is 5.41. The molecule has 0 atom stereocenters. The van der Waals surface area contributed by atoms with Gasteiger partial charge in [0.25, 0.3) is 0 Å². The summed E-state index contributed by atoms with van der Waals surface area (Å²) in [5.74, 6) is -0.617. The number of hydrogen-bond acceptors (Lipinski definition) is 7. The number of H-pyrrole nitrogens is 1. The van der Waals surface area contributed by atoms with Crippen molar-refractivity contribution < 1.29 is 14.6 Å². The first kappa shape index (κ1) is 23.4. The maximum atomic E-state index is 13.0. The molecule has 0 unspecified atom stereocenters. The van der Waals surface area contributed by atoms with Crippen LogP contribution in [0.4, 0.5) is 5.69 Å². The lowest BCUT2D eigenvalue weighted by Crippen LogP contribution is -2.49. The van der Waals surface area contributed by atoms with Gasteiger partial charge in [-0.15, -0.1) is 0 Å². The van der Waals surface area contributed by atoms with E-state index < -0.39 is 17.3 Å². The van der Waals surface area contributed by atoms with Crippen molar-refractivity contribution in [2.75, 3.05) is 0 Å². The largest absolute Gasteiger partial charge is 0.477 e. The number of benzene rings is 1. The van der Waals surface area contributed by atoms with Crippen molar-refractivity contribution in [3.8, 4) is 11.6 Å². The standard InChI is InChI=1S/C24H22N6O5/c1-3-29-23(33)28-22(30(24(29)34)14-17-8-7-15(2)13-25-17)26-16-9-11-18(12-10-16)35-20-6-4-5-19(27-20)21(31)32/h4-13H,3,14H2,1-2H3,(H,31,32)(H,26,28,33). The topological polar surface area (TPSA) is 144 Å². The third-order valence-electron chi connectivity index (χ3n) is 5.03. The van der Waals surface area contributed by atoms with Crippen LogP contribution in [-0.4, -0.2) is 35.2 Å². The van der Waals surface area contributed by atoms with Gasteiger partial charge in [0.05, 0.1) is 17.9 Å². The molecule has 0 spiro atoms. The number of aromatic nitrogens is 5. The van der Waals surface area contributed by atoms with Crippen molar-refractivity contribution in [3.63, 3.8) is 0 Å². The quantitative estimate of drug-likeness (QED) is 0.418. The Labute approximate surface area is 198 Å². The number of carboxylic acids is 1. The van der Waals surface area contributed by atoms with E-state index in [1.165, 1.54) is 16.7 Å². The fraction of sp³-hybridized carbons (Fsp3) is 0.167. The number of hydrogen-bond donors (Lipinski definition) is 2. The van der Waals surface area contributed by atoms with Crippen LogP contribution in [0.3, 0.4) is 0 Å². The second kappa shape index (κ2) is 10.00. The highest BCUT2D eigenvalue weighted by molar-refractivity contribution is 5.85. The normalized spacial score (nSPS) is 11.4. The Morgan fingerprint density at radius 3 is 2.51 bits per heavy atom. The number of aromatic amines is 1. The molecular weight excluding hydrogens is 452 g/mol. The maximum absolute atomic E-state index is 13.0. The van der Waals surface area contributed by atoms with Crippen LogP contribution in [0.2, 0.25) is 0 Å². The lowest BCUT2D eigenvalue weighted by molar-refractivity contribution is 0.0689. The van der Waals surface area contributed by atoms with Crippen LogP contribution in [0.15, 0.2) is 75.4 Å². The summed E-state index contributed by atoms with van der Waals surface area (Å²) < 4.78 is 8.06. The highest BCUT2D eigenvalue weighted by atomic mass is 16.5. The molecule has 0 aliphatic heterocycles. The Bertz CT molecular complexity index is 1550. The van der Waals surface area contributed by atoms with Crippen molar-refractivity contribution in [2.24, 2.45) is 4.99 Å². The summed E-state index contributed by atoms with van der Waals surface area (Å²) in [6.07, 6.45) is 1.70. The predicted molar refractivity (Wildman–Crippen MR) is 126 cm³/mol. The Morgan fingerprint density at radius 1 is 1.09 bits per heavy atom. The second-order valence-corrected chi connectivity index (χ2v) is 7.57. The fourth-order valence-corrected chi connectivity index (χ4v) is 3.24. The first-order valence-corrected chi connectivity index (χ1v) is 10.7. The lowest BCUT2D eigenvalue weighted by atomic mass is 10.3. The van der Waals surface area contributed by atoms with Crippen LogP contribution < -0.4 is 21.7 Å². The first-order valence-electron chi connectivity index (χ1n) is 10.7. The molecular formula is C24H22N6O5. The maximum Gasteiger partial charge on any atom is 0.354 e. The average molecular weight is 474 g/mol. The van der Waals surface area contributed by atoms with Gasteiger partial charge in [0.15, 0.2) is 5.69 Å². The summed E-state index contributed by atoms with van der Waals surface area (Å²) in [5.41, 5.74) is 0.978. The summed E-state index contributed by atoms with van der Waals surface area (Å²) in [4.78, 5) is 51.9. The van der Waals surface area contributed by atoms with Crippen molar-refractivity contribution >= 4 is 11.7 Å². The molecule has 4 aromatic rings. The van der Waals surface area contributed by atoms with Gasteiger partial charge in [0, 0.05) is 18.8 Å². The van der Waals surface area contributed by atoms with Crippen LogP contribution >= 0.6 is 0 Å². The van der Waals surface area contributed by atoms with E-state index in [0.29, 0.717) is 17.1 Å². The molecule has 0 fully saturated rings. The van der Waals surface area contributed by atoms with Crippen LogP contribution in [0.25, 0.3) is 0 Å². The fourth-order valence-electron chi connectivity index (χ4n) is 3.24. The zero-order valence-electron chi connectivity index (χ0n) is 19.0. The molecule has 3 aromatic heterocycles. The van der Waals surface area contributed by atoms with Gasteiger partial charge in [-0.1, -0.05) is 12.1 Å². The molecule has 1 aromatic carbocycles. The molecule has 0 saturated heterocycles. The van der Waals surface area contributed by atoms with Crippen molar-refractivity contribution in [3.05, 3.63) is 104 Å². The SMILES string of the molecule is CCn1c(=O)[nH]/c(=N\c2ccc(Oc3cccc(C(=O)O)n3)cc2)n(Cc2ccc(C)cn2)c1=O. The van der Waals surface area contributed by atoms with Crippen molar-refractivity contribution in [1.82, 2.24) is 24.1 Å². The number of rotatable bonds is 7. The van der Waals surface area contributed by atoms with Gasteiger partial charge >= 0.3 is 17.3 Å². The summed E-state index contributed by atoms with van der Waals surface area (Å²) in [6, 6.07) is 14.6. The number of nitrogens with zero attached hydrogens (tertiary/aromatic N) is 5. The van der Waals surface area contributed by atoms with Crippen molar-refractivity contribution in [1.29, 1.82) is 0 Å². The van der Waals surface area contributed by atoms with E-state index in [1.807, 2.05) is 19.1 Å². The van der Waals surface area contributed by atoms with Crippen LogP contribution in [0.5, 0.6) is 11.6 Å². The van der Waals surface area contributed by atoms with Gasteiger partial charge in [-0.05, 0) is 55.8 Å². The van der Waals surface area contributed by atoms with E-state index in [2.05, 4.69) is 19.9 Å². The Morgan fingerprint density at radius 2 is 1.86 bits per heavy atom. The summed E-state index contributed by atoms with van der Waals surface area (Å²) in [5, 5.41) is 9.07. The van der Waals surface area contributed by atoms with Crippen LogP contribution in [-0.2, 0) is 13.1 Å². The number of nitrogens with one attached hydrogen (secondary N) is 1. The zero-order valence-corrected chi connectivity index (χ0v) is 19.0. The molecule has 0 radical (unpaired) electrons. The number of carbonyl (C=O) groups is 1. The molecule has 178 valence electrons. The van der Waals surface area contributed by atoms with Gasteiger partial charge in [0.1, 0.15) is 5.75 Å². The predicted octanol–water partition coefficient (Wildman–Crippen LogP) is 2.23. The Balaban J connectivity index is 1.68. The minimum absolute atomic E-state index is 0.0802. The highest BCUT2D eigenvalue weighted by Crippen LogP contribution is 2.22. The third-order valence-corrected chi connectivity index (χ3v) is 5.03. The molecule has 3 heterocycles. The second-order valence-electron chi connectivity index (χ2n) is 7.57. The number of pyridine rings is 2. The Kier molecular flexibility index (Phi) is 6.67. The van der Waals surface area contributed by atoms with Crippen molar-refractivity contribution in [2.45, 2.75) is 26.9 Å².